The number of carbonyl (C=O) groups is 2. The Morgan fingerprint density at radius 2 is 1.90 bits per heavy atom. The summed E-state index contributed by atoms with van der Waals surface area (Å²) in [7, 11) is 0. The molecule has 2 amide bonds. The lowest BCUT2D eigenvalue weighted by Gasteiger charge is -2.30. The lowest BCUT2D eigenvalue weighted by Crippen LogP contribution is -3.18. The van der Waals surface area contributed by atoms with Crippen LogP contribution in [0.1, 0.15) is 35.4 Å². The normalized spacial score (nSPS) is 15.7. The van der Waals surface area contributed by atoms with Gasteiger partial charge >= 0.3 is 0 Å². The summed E-state index contributed by atoms with van der Waals surface area (Å²) >= 11 is 0. The first-order chi connectivity index (χ1) is 14.7. The topological polar surface area (TPSA) is 97.4 Å². The molecule has 1 atom stereocenters. The van der Waals surface area contributed by atoms with Crippen LogP contribution in [0.25, 0.3) is 0 Å². The van der Waals surface area contributed by atoms with Crippen LogP contribution in [0.3, 0.4) is 0 Å². The summed E-state index contributed by atoms with van der Waals surface area (Å²) in [6, 6.07) is 12.5. The number of morpholine rings is 1. The molecule has 3 rings (SSSR count). The lowest BCUT2D eigenvalue weighted by atomic mass is 10.1. The average Bonchev–Trinajstić information content (AvgIpc) is 3.30. The molecule has 2 aromatic rings. The zero-order chi connectivity index (χ0) is 21.0. The van der Waals surface area contributed by atoms with E-state index >= 15 is 0 Å². The number of amides is 2. The predicted molar refractivity (Wildman–Crippen MR) is 112 cm³/mol. The summed E-state index contributed by atoms with van der Waals surface area (Å²) in [4.78, 5) is 26.0. The molecule has 0 saturated carbocycles. The van der Waals surface area contributed by atoms with Crippen molar-refractivity contribution in [3.8, 4) is 0 Å². The molecule has 1 aliphatic rings. The summed E-state index contributed by atoms with van der Waals surface area (Å²) in [5, 5.41) is 6.94. The molecule has 8 heteroatoms. The number of hydrogen-bond donors (Lipinski definition) is 3. The molecule has 1 fully saturated rings. The van der Waals surface area contributed by atoms with Gasteiger partial charge in [0.2, 0.25) is 0 Å². The molecule has 2 heterocycles. The van der Waals surface area contributed by atoms with Gasteiger partial charge < -0.3 is 19.4 Å². The van der Waals surface area contributed by atoms with Crippen molar-refractivity contribution in [3.63, 3.8) is 0 Å². The summed E-state index contributed by atoms with van der Waals surface area (Å²) < 4.78 is 10.6. The highest BCUT2D eigenvalue weighted by Crippen LogP contribution is 2.02. The minimum atomic E-state index is -0.201. The number of ether oxygens (including phenoxy) is 1. The van der Waals surface area contributed by atoms with Crippen LogP contribution in [0.4, 0.5) is 0 Å². The largest absolute Gasteiger partial charge is 0.463 e. The van der Waals surface area contributed by atoms with Crippen molar-refractivity contribution in [1.29, 1.82) is 0 Å². The molecular formula is C22H29N4O4+. The van der Waals surface area contributed by atoms with Gasteiger partial charge in [0.25, 0.3) is 11.8 Å². The number of hydrogen-bond acceptors (Lipinski definition) is 5. The summed E-state index contributed by atoms with van der Waals surface area (Å²) in [6.07, 6.45) is 5.41. The highest BCUT2D eigenvalue weighted by molar-refractivity contribution is 5.94. The summed E-state index contributed by atoms with van der Waals surface area (Å²) in [5.41, 5.74) is 3.29. The molecule has 8 nitrogen and oxygen atoms in total. The van der Waals surface area contributed by atoms with E-state index in [0.717, 1.165) is 32.4 Å². The molecule has 1 aromatic heterocycles. The predicted octanol–water partition coefficient (Wildman–Crippen LogP) is 0.614. The van der Waals surface area contributed by atoms with Crippen LogP contribution in [0.5, 0.6) is 0 Å². The Balaban J connectivity index is 1.45. The smallest absolute Gasteiger partial charge is 0.298 e. The number of unbranched alkanes of at least 4 members (excludes halogenated alkanes) is 1. The van der Waals surface area contributed by atoms with Crippen molar-refractivity contribution >= 4 is 18.0 Å². The van der Waals surface area contributed by atoms with Crippen molar-refractivity contribution < 1.29 is 23.6 Å². The van der Waals surface area contributed by atoms with E-state index in [4.69, 9.17) is 9.15 Å². The van der Waals surface area contributed by atoms with E-state index in [1.165, 1.54) is 11.1 Å². The minimum absolute atomic E-state index is 0.0732. The molecule has 1 unspecified atom stereocenters. The second-order valence-corrected chi connectivity index (χ2v) is 7.19. The number of benzene rings is 1. The molecule has 1 saturated heterocycles. The van der Waals surface area contributed by atoms with E-state index < -0.39 is 0 Å². The van der Waals surface area contributed by atoms with Crippen molar-refractivity contribution in [2.24, 2.45) is 5.10 Å². The fourth-order valence-corrected chi connectivity index (χ4v) is 3.47. The first-order valence-corrected chi connectivity index (χ1v) is 10.4. The fraction of sp³-hybridized carbons (Fsp3) is 0.409. The highest BCUT2D eigenvalue weighted by atomic mass is 16.5. The van der Waals surface area contributed by atoms with Crippen molar-refractivity contribution in [3.05, 3.63) is 60.1 Å². The van der Waals surface area contributed by atoms with Gasteiger partial charge in [0.05, 0.1) is 25.7 Å². The Bertz CT molecular complexity index is 802. The average molecular weight is 413 g/mol. The van der Waals surface area contributed by atoms with E-state index in [1.54, 1.807) is 30.5 Å². The molecular weight excluding hydrogens is 384 g/mol. The van der Waals surface area contributed by atoms with E-state index in [0.29, 0.717) is 31.1 Å². The Hall–Kier alpha value is -2.97. The molecule has 160 valence electrons. The van der Waals surface area contributed by atoms with Crippen LogP contribution in [0.15, 0.2) is 58.2 Å². The van der Waals surface area contributed by atoms with Crippen LogP contribution >= 0.6 is 0 Å². The van der Waals surface area contributed by atoms with Crippen LogP contribution in [0.2, 0.25) is 0 Å². The molecule has 1 aromatic carbocycles. The lowest BCUT2D eigenvalue weighted by molar-refractivity contribution is -0.924. The molecule has 1 aliphatic heterocycles. The van der Waals surface area contributed by atoms with Gasteiger partial charge in [-0.2, -0.15) is 5.10 Å². The molecule has 3 N–H and O–H groups in total. The monoisotopic (exact) mass is 413 g/mol. The first kappa shape index (κ1) is 21.7. The van der Waals surface area contributed by atoms with Gasteiger partial charge in [-0.25, -0.2) is 5.43 Å². The summed E-state index contributed by atoms with van der Waals surface area (Å²) in [6.45, 7) is 3.48. The van der Waals surface area contributed by atoms with E-state index in [1.807, 2.05) is 18.2 Å². The van der Waals surface area contributed by atoms with E-state index in [2.05, 4.69) is 15.8 Å². The molecule has 0 radical (unpaired) electrons. The molecule has 0 aliphatic carbocycles. The second-order valence-electron chi connectivity index (χ2n) is 7.19. The van der Waals surface area contributed by atoms with Gasteiger partial charge in [-0.1, -0.05) is 18.2 Å². The number of nitrogens with zero attached hydrogens (tertiary/aromatic N) is 1. The van der Waals surface area contributed by atoms with Crippen LogP contribution < -0.4 is 15.6 Å². The Labute approximate surface area is 176 Å². The molecule has 0 bridgehead atoms. The van der Waals surface area contributed by atoms with E-state index in [9.17, 15) is 9.59 Å². The van der Waals surface area contributed by atoms with Crippen molar-refractivity contribution in [2.75, 3.05) is 32.8 Å². The van der Waals surface area contributed by atoms with Gasteiger partial charge in [0.15, 0.2) is 6.04 Å². The van der Waals surface area contributed by atoms with Gasteiger partial charge in [-0.3, -0.25) is 9.59 Å². The van der Waals surface area contributed by atoms with Crippen molar-refractivity contribution in [1.82, 2.24) is 10.7 Å². The first-order valence-electron chi connectivity index (χ1n) is 10.4. The maximum atomic E-state index is 12.7. The van der Waals surface area contributed by atoms with Crippen molar-refractivity contribution in [2.45, 2.75) is 25.3 Å². The maximum absolute atomic E-state index is 12.7. The van der Waals surface area contributed by atoms with E-state index in [-0.39, 0.29) is 17.9 Å². The highest BCUT2D eigenvalue weighted by Gasteiger charge is 2.30. The van der Waals surface area contributed by atoms with Gasteiger partial charge in [-0.15, -0.1) is 0 Å². The maximum Gasteiger partial charge on any atom is 0.298 e. The minimum Gasteiger partial charge on any atom is -0.463 e. The van der Waals surface area contributed by atoms with Gasteiger partial charge in [0, 0.05) is 18.5 Å². The zero-order valence-electron chi connectivity index (χ0n) is 17.0. The fourth-order valence-electron chi connectivity index (χ4n) is 3.47. The number of rotatable bonds is 10. The third-order valence-electron chi connectivity index (χ3n) is 5.10. The standard InChI is InChI=1S/C22H28N4O4/c27-21(18-7-2-1-3-8-18)23-11-5-4-10-20(26-12-15-29-16-13-26)22(28)25-24-17-19-9-6-14-30-19/h1-3,6-9,14,17,20H,4-5,10-13,15-16H2,(H,23,27)(H,25,28)/p+1. The molecule has 30 heavy (non-hydrogen) atoms. The number of carbonyl (C=O) groups excluding carboxylic acids is 2. The Morgan fingerprint density at radius 1 is 1.10 bits per heavy atom. The Kier molecular flexibility index (Phi) is 8.62. The summed E-state index contributed by atoms with van der Waals surface area (Å²) in [5.74, 6) is 0.402. The third-order valence-corrected chi connectivity index (χ3v) is 5.10. The number of furan rings is 1. The second kappa shape index (κ2) is 11.9. The van der Waals surface area contributed by atoms with Gasteiger partial charge in [0.1, 0.15) is 18.8 Å². The SMILES string of the molecule is O=C(NCCCCC(C(=O)NN=Cc1ccco1)[NH+]1CCOCC1)c1ccccc1. The van der Waals surface area contributed by atoms with Crippen LogP contribution in [0, 0.1) is 0 Å². The zero-order valence-corrected chi connectivity index (χ0v) is 17.0. The molecule has 0 spiro atoms. The number of nitrogens with one attached hydrogen (secondary N) is 3. The Morgan fingerprint density at radius 3 is 2.63 bits per heavy atom. The third kappa shape index (κ3) is 6.82. The quantitative estimate of drug-likeness (QED) is 0.302. The van der Waals surface area contributed by atoms with Crippen LogP contribution in [-0.4, -0.2) is 56.9 Å². The number of quaternary nitrogens is 1. The van der Waals surface area contributed by atoms with Gasteiger partial charge in [-0.05, 0) is 37.1 Å². The number of hydrazone groups is 1. The van der Waals surface area contributed by atoms with Crippen LogP contribution in [-0.2, 0) is 9.53 Å².